The number of likely N-dealkylation sites (N-methyl/N-ethyl adjacent to an activating group) is 1. The summed E-state index contributed by atoms with van der Waals surface area (Å²) in [5, 5.41) is 6.28. The third-order valence-corrected chi connectivity index (χ3v) is 4.42. The Morgan fingerprint density at radius 3 is 2.41 bits per heavy atom. The van der Waals surface area contributed by atoms with Gasteiger partial charge in [0.1, 0.15) is 6.54 Å². The molecule has 0 radical (unpaired) electrons. The number of rotatable bonds is 9. The number of aliphatic imine (C=N–C) groups is 1. The normalized spacial score (nSPS) is 17.0. The highest BCUT2D eigenvalue weighted by Gasteiger charge is 2.32. The summed E-state index contributed by atoms with van der Waals surface area (Å²) in [5.74, 6) is 0.835. The Bertz CT molecular complexity index is 464. The Hall–Kier alpha value is -1.55. The number of nitrogens with zero attached hydrogens (tertiary/aromatic N) is 3. The lowest BCUT2D eigenvalue weighted by atomic mass is 9.93. The van der Waals surface area contributed by atoms with Crippen LogP contribution in [0.15, 0.2) is 4.99 Å². The number of nitrogens with one attached hydrogen (secondary N) is 2. The van der Waals surface area contributed by atoms with E-state index in [2.05, 4.69) is 15.6 Å². The van der Waals surface area contributed by atoms with E-state index in [0.717, 1.165) is 19.3 Å². The summed E-state index contributed by atoms with van der Waals surface area (Å²) in [6.45, 7) is 1.92. The molecule has 1 fully saturated rings. The van der Waals surface area contributed by atoms with Gasteiger partial charge in [-0.25, -0.2) is 4.99 Å². The first kappa shape index (κ1) is 23.5. The van der Waals surface area contributed by atoms with Crippen molar-refractivity contribution in [3.05, 3.63) is 0 Å². The average molecular weight is 395 g/mol. The molecule has 0 aliphatic carbocycles. The monoisotopic (exact) mass is 395 g/mol. The Morgan fingerprint density at radius 1 is 1.22 bits per heavy atom. The number of guanidine groups is 1. The maximum Gasteiger partial charge on any atom is 0.401 e. The second kappa shape index (κ2) is 12.0. The fraction of sp³-hybridized carbons (Fsp3) is 0.882. The lowest BCUT2D eigenvalue weighted by molar-refractivity contribution is -0.148. The van der Waals surface area contributed by atoms with Crippen molar-refractivity contribution in [2.75, 3.05) is 67.1 Å². The predicted octanol–water partition coefficient (Wildman–Crippen LogP) is 0.921. The Balaban J connectivity index is 2.36. The van der Waals surface area contributed by atoms with E-state index in [9.17, 15) is 18.0 Å². The molecule has 27 heavy (non-hydrogen) atoms. The minimum Gasteiger partial charge on any atom is -0.383 e. The maximum absolute atomic E-state index is 12.4. The quantitative estimate of drug-likeness (QED) is 0.345. The zero-order chi connectivity index (χ0) is 20.3. The molecule has 0 bridgehead atoms. The SMILES string of the molecule is COCCNC(=NCC(=O)N(C)C)NCCC1CCN(CC(F)(F)F)CC1. The zero-order valence-electron chi connectivity index (χ0n) is 16.4. The molecule has 0 spiro atoms. The molecule has 0 aromatic carbocycles. The molecule has 1 amide bonds. The van der Waals surface area contributed by atoms with Crippen LogP contribution in [0, 0.1) is 5.92 Å². The summed E-state index contributed by atoms with van der Waals surface area (Å²) in [5.41, 5.74) is 0. The van der Waals surface area contributed by atoms with E-state index in [1.807, 2.05) is 0 Å². The van der Waals surface area contributed by atoms with Crippen LogP contribution in [0.4, 0.5) is 13.2 Å². The number of ether oxygens (including phenoxy) is 1. The fourth-order valence-corrected chi connectivity index (χ4v) is 2.82. The second-order valence-corrected chi connectivity index (χ2v) is 6.92. The summed E-state index contributed by atoms with van der Waals surface area (Å²) in [7, 11) is 4.95. The van der Waals surface area contributed by atoms with Crippen LogP contribution in [0.5, 0.6) is 0 Å². The minimum atomic E-state index is -4.13. The highest BCUT2D eigenvalue weighted by Crippen LogP contribution is 2.23. The molecule has 7 nitrogen and oxygen atoms in total. The Labute approximate surface area is 159 Å². The number of amides is 1. The molecule has 1 aliphatic heterocycles. The molecule has 10 heteroatoms. The van der Waals surface area contributed by atoms with Gasteiger partial charge in [0.05, 0.1) is 13.2 Å². The van der Waals surface area contributed by atoms with Crippen molar-refractivity contribution in [2.45, 2.75) is 25.4 Å². The Morgan fingerprint density at radius 2 is 1.85 bits per heavy atom. The molecule has 158 valence electrons. The van der Waals surface area contributed by atoms with Crippen LogP contribution < -0.4 is 10.6 Å². The van der Waals surface area contributed by atoms with Gasteiger partial charge in [-0.3, -0.25) is 9.69 Å². The van der Waals surface area contributed by atoms with Crippen molar-refractivity contribution in [1.29, 1.82) is 0 Å². The number of alkyl halides is 3. The molecule has 1 rings (SSSR count). The highest BCUT2D eigenvalue weighted by molar-refractivity contribution is 5.84. The van der Waals surface area contributed by atoms with Gasteiger partial charge in [0.15, 0.2) is 5.96 Å². The molecule has 1 heterocycles. The molecule has 0 atom stereocenters. The van der Waals surface area contributed by atoms with Crippen molar-refractivity contribution < 1.29 is 22.7 Å². The molecule has 0 unspecified atom stereocenters. The van der Waals surface area contributed by atoms with Crippen LogP contribution in [-0.4, -0.2) is 94.9 Å². The summed E-state index contributed by atoms with van der Waals surface area (Å²) in [6.07, 6.45) is -1.75. The summed E-state index contributed by atoms with van der Waals surface area (Å²) in [4.78, 5) is 18.9. The van der Waals surface area contributed by atoms with Gasteiger partial charge in [-0.05, 0) is 38.3 Å². The fourth-order valence-electron chi connectivity index (χ4n) is 2.82. The van der Waals surface area contributed by atoms with Crippen LogP contribution in [0.2, 0.25) is 0 Å². The van der Waals surface area contributed by atoms with Gasteiger partial charge >= 0.3 is 6.18 Å². The molecule has 0 saturated carbocycles. The maximum atomic E-state index is 12.4. The average Bonchev–Trinajstić information content (AvgIpc) is 2.59. The van der Waals surface area contributed by atoms with Crippen molar-refractivity contribution in [1.82, 2.24) is 20.4 Å². The number of methoxy groups -OCH3 is 1. The summed E-state index contributed by atoms with van der Waals surface area (Å²) < 4.78 is 42.3. The molecule has 1 aliphatic rings. The Kier molecular flexibility index (Phi) is 10.5. The van der Waals surface area contributed by atoms with E-state index >= 15 is 0 Å². The third kappa shape index (κ3) is 11.0. The lowest BCUT2D eigenvalue weighted by Crippen LogP contribution is -2.42. The van der Waals surface area contributed by atoms with Gasteiger partial charge in [-0.2, -0.15) is 13.2 Å². The van der Waals surface area contributed by atoms with Crippen molar-refractivity contribution in [3.63, 3.8) is 0 Å². The lowest BCUT2D eigenvalue weighted by Gasteiger charge is -2.32. The number of carbonyl (C=O) groups excluding carboxylic acids is 1. The van der Waals surface area contributed by atoms with Crippen molar-refractivity contribution in [2.24, 2.45) is 10.9 Å². The smallest absolute Gasteiger partial charge is 0.383 e. The number of carbonyl (C=O) groups is 1. The van der Waals surface area contributed by atoms with E-state index in [-0.39, 0.29) is 12.5 Å². The predicted molar refractivity (Wildman–Crippen MR) is 98.7 cm³/mol. The van der Waals surface area contributed by atoms with Gasteiger partial charge in [-0.1, -0.05) is 0 Å². The van der Waals surface area contributed by atoms with Crippen molar-refractivity contribution in [3.8, 4) is 0 Å². The molecule has 2 N–H and O–H groups in total. The molecule has 1 saturated heterocycles. The largest absolute Gasteiger partial charge is 0.401 e. The second-order valence-electron chi connectivity index (χ2n) is 6.92. The van der Waals surface area contributed by atoms with Gasteiger partial charge in [0, 0.05) is 34.3 Å². The highest BCUT2D eigenvalue weighted by atomic mass is 19.4. The standard InChI is InChI=1S/C17H32F3N5O2/c1-24(2)15(26)12-23-16(22-8-11-27-3)21-7-4-14-5-9-25(10-6-14)13-17(18,19)20/h14H,4-13H2,1-3H3,(H2,21,22,23). The molecular formula is C17H32F3N5O2. The van der Waals surface area contributed by atoms with Crippen molar-refractivity contribution >= 4 is 11.9 Å². The van der Waals surface area contributed by atoms with E-state index in [1.165, 1.54) is 9.80 Å². The molecule has 0 aromatic rings. The third-order valence-electron chi connectivity index (χ3n) is 4.42. The van der Waals surface area contributed by atoms with Crippen LogP contribution >= 0.6 is 0 Å². The minimum absolute atomic E-state index is 0.0468. The number of hydrogen-bond donors (Lipinski definition) is 2. The van der Waals surface area contributed by atoms with E-state index < -0.39 is 12.7 Å². The van der Waals surface area contributed by atoms with Crippen LogP contribution in [0.25, 0.3) is 0 Å². The number of piperidine rings is 1. The number of hydrogen-bond acceptors (Lipinski definition) is 4. The van der Waals surface area contributed by atoms with Gasteiger partial charge in [0.2, 0.25) is 5.91 Å². The first-order chi connectivity index (χ1) is 12.7. The van der Waals surface area contributed by atoms with E-state index in [4.69, 9.17) is 4.74 Å². The molecular weight excluding hydrogens is 363 g/mol. The zero-order valence-corrected chi connectivity index (χ0v) is 16.4. The number of likely N-dealkylation sites (tertiary alicyclic amines) is 1. The first-order valence-electron chi connectivity index (χ1n) is 9.21. The first-order valence-corrected chi connectivity index (χ1v) is 9.21. The van der Waals surface area contributed by atoms with Gasteiger partial charge in [0.25, 0.3) is 0 Å². The van der Waals surface area contributed by atoms with E-state index in [1.54, 1.807) is 21.2 Å². The van der Waals surface area contributed by atoms with Crippen LogP contribution in [-0.2, 0) is 9.53 Å². The van der Waals surface area contributed by atoms with Crippen LogP contribution in [0.1, 0.15) is 19.3 Å². The summed E-state index contributed by atoms with van der Waals surface area (Å²) >= 11 is 0. The van der Waals surface area contributed by atoms with Gasteiger partial charge < -0.3 is 20.3 Å². The number of halogens is 3. The van der Waals surface area contributed by atoms with Crippen LogP contribution in [0.3, 0.4) is 0 Å². The van der Waals surface area contributed by atoms with E-state index in [0.29, 0.717) is 44.7 Å². The van der Waals surface area contributed by atoms with Gasteiger partial charge in [-0.15, -0.1) is 0 Å². The molecule has 0 aromatic heterocycles. The summed E-state index contributed by atoms with van der Waals surface area (Å²) in [6, 6.07) is 0. The topological polar surface area (TPSA) is 69.2 Å².